The Labute approximate surface area is 161 Å². The van der Waals surface area contributed by atoms with Crippen LogP contribution in [0.4, 0.5) is 11.4 Å². The van der Waals surface area contributed by atoms with Gasteiger partial charge in [-0.1, -0.05) is 0 Å². The van der Waals surface area contributed by atoms with E-state index in [2.05, 4.69) is 28.0 Å². The van der Waals surface area contributed by atoms with Crippen molar-refractivity contribution in [3.63, 3.8) is 0 Å². The van der Waals surface area contributed by atoms with E-state index in [1.165, 1.54) is 44.5 Å². The van der Waals surface area contributed by atoms with Crippen LogP contribution in [0, 0.1) is 5.41 Å². The number of aromatic nitrogens is 2. The van der Waals surface area contributed by atoms with Crippen LogP contribution in [0.2, 0.25) is 0 Å². The molecule has 2 saturated heterocycles. The van der Waals surface area contributed by atoms with E-state index in [4.69, 9.17) is 10.5 Å². The van der Waals surface area contributed by atoms with Crippen LogP contribution in [0.25, 0.3) is 11.1 Å². The molecule has 6 heteroatoms. The number of methoxy groups -OCH3 is 1. The summed E-state index contributed by atoms with van der Waals surface area (Å²) in [4.78, 5) is 4.97. The molecule has 0 unspecified atom stereocenters. The molecule has 2 N–H and O–H groups in total. The van der Waals surface area contributed by atoms with Crippen molar-refractivity contribution in [2.45, 2.75) is 25.7 Å². The van der Waals surface area contributed by atoms with Crippen molar-refractivity contribution >= 4 is 11.4 Å². The third-order valence-electron chi connectivity index (χ3n) is 6.58. The summed E-state index contributed by atoms with van der Waals surface area (Å²) in [5.74, 6) is 0.747. The van der Waals surface area contributed by atoms with Gasteiger partial charge in [0.05, 0.1) is 19.0 Å². The molecule has 3 heterocycles. The van der Waals surface area contributed by atoms with Gasteiger partial charge in [0, 0.05) is 49.2 Å². The molecule has 2 fully saturated rings. The van der Waals surface area contributed by atoms with E-state index in [0.29, 0.717) is 11.1 Å². The summed E-state index contributed by atoms with van der Waals surface area (Å²) in [7, 11) is 5.87. The molecular formula is C21H31N5O. The summed E-state index contributed by atoms with van der Waals surface area (Å²) in [5.41, 5.74) is 10.9. The highest BCUT2D eigenvalue weighted by Crippen LogP contribution is 2.44. The molecule has 0 atom stereocenters. The van der Waals surface area contributed by atoms with Gasteiger partial charge in [-0.25, -0.2) is 0 Å². The molecule has 2 aliphatic heterocycles. The Kier molecular flexibility index (Phi) is 4.76. The van der Waals surface area contributed by atoms with Crippen LogP contribution in [0.1, 0.15) is 25.7 Å². The first-order valence-corrected chi connectivity index (χ1v) is 9.90. The quantitative estimate of drug-likeness (QED) is 0.843. The van der Waals surface area contributed by atoms with Crippen molar-refractivity contribution in [1.29, 1.82) is 0 Å². The Morgan fingerprint density at radius 3 is 2.30 bits per heavy atom. The molecular weight excluding hydrogens is 338 g/mol. The second-order valence-corrected chi connectivity index (χ2v) is 8.30. The fourth-order valence-corrected chi connectivity index (χ4v) is 4.63. The molecule has 0 radical (unpaired) electrons. The topological polar surface area (TPSA) is 59.5 Å². The van der Waals surface area contributed by atoms with Crippen LogP contribution in [-0.2, 0) is 7.05 Å². The Morgan fingerprint density at radius 2 is 1.70 bits per heavy atom. The number of likely N-dealkylation sites (tertiary alicyclic amines) is 1. The minimum absolute atomic E-state index is 0.537. The predicted molar refractivity (Wildman–Crippen MR) is 110 cm³/mol. The van der Waals surface area contributed by atoms with Crippen molar-refractivity contribution in [2.24, 2.45) is 12.5 Å². The number of nitrogens with two attached hydrogens (primary N) is 1. The molecule has 4 rings (SSSR count). The Morgan fingerprint density at radius 1 is 1.04 bits per heavy atom. The van der Waals surface area contributed by atoms with Crippen LogP contribution in [0.5, 0.6) is 5.75 Å². The summed E-state index contributed by atoms with van der Waals surface area (Å²) in [6.45, 7) is 4.64. The van der Waals surface area contributed by atoms with Crippen molar-refractivity contribution in [3.8, 4) is 16.9 Å². The van der Waals surface area contributed by atoms with Gasteiger partial charge in [-0.05, 0) is 57.3 Å². The van der Waals surface area contributed by atoms with Crippen LogP contribution in [-0.4, -0.2) is 55.0 Å². The fourth-order valence-electron chi connectivity index (χ4n) is 4.63. The lowest BCUT2D eigenvalue weighted by Gasteiger charge is -2.47. The number of aryl methyl sites for hydroxylation is 1. The summed E-state index contributed by atoms with van der Waals surface area (Å²) in [5, 5.41) is 4.35. The van der Waals surface area contributed by atoms with Crippen LogP contribution in [0.3, 0.4) is 0 Å². The largest absolute Gasteiger partial charge is 0.495 e. The predicted octanol–water partition coefficient (Wildman–Crippen LogP) is 2.99. The number of nitrogen functional groups attached to an aromatic ring is 1. The molecule has 0 aliphatic carbocycles. The highest BCUT2D eigenvalue weighted by molar-refractivity contribution is 5.83. The first kappa shape index (κ1) is 18.2. The van der Waals surface area contributed by atoms with Crippen LogP contribution < -0.4 is 15.4 Å². The molecule has 2 aromatic rings. The van der Waals surface area contributed by atoms with E-state index in [1.807, 2.05) is 30.2 Å². The molecule has 0 bridgehead atoms. The maximum atomic E-state index is 6.22. The number of piperidine rings is 2. The lowest BCUT2D eigenvalue weighted by atomic mass is 9.71. The maximum absolute atomic E-state index is 6.22. The third-order valence-corrected chi connectivity index (χ3v) is 6.58. The van der Waals surface area contributed by atoms with Crippen molar-refractivity contribution < 1.29 is 4.74 Å². The molecule has 0 amide bonds. The molecule has 0 saturated carbocycles. The Bertz CT molecular complexity index is 797. The monoisotopic (exact) mass is 369 g/mol. The van der Waals surface area contributed by atoms with Crippen molar-refractivity contribution in [1.82, 2.24) is 14.7 Å². The molecule has 1 spiro atoms. The fraction of sp³-hybridized carbons (Fsp3) is 0.571. The van der Waals surface area contributed by atoms with E-state index in [0.717, 1.165) is 30.0 Å². The number of nitrogens with zero attached hydrogens (tertiary/aromatic N) is 4. The maximum Gasteiger partial charge on any atom is 0.143 e. The highest BCUT2D eigenvalue weighted by Gasteiger charge is 2.37. The first-order chi connectivity index (χ1) is 13.0. The lowest BCUT2D eigenvalue weighted by Crippen LogP contribution is -2.46. The smallest absolute Gasteiger partial charge is 0.143 e. The Balaban J connectivity index is 1.61. The number of rotatable bonds is 3. The van der Waals surface area contributed by atoms with Gasteiger partial charge in [0.2, 0.25) is 0 Å². The number of hydrogen-bond donors (Lipinski definition) is 1. The molecule has 1 aromatic carbocycles. The van der Waals surface area contributed by atoms with E-state index < -0.39 is 0 Å². The van der Waals surface area contributed by atoms with E-state index in [-0.39, 0.29) is 0 Å². The lowest BCUT2D eigenvalue weighted by molar-refractivity contribution is 0.0945. The normalized spacial score (nSPS) is 20.2. The van der Waals surface area contributed by atoms with Gasteiger partial charge in [-0.3, -0.25) is 4.68 Å². The average Bonchev–Trinajstić information content (AvgIpc) is 3.11. The van der Waals surface area contributed by atoms with Crippen molar-refractivity contribution in [2.75, 3.05) is 51.0 Å². The van der Waals surface area contributed by atoms with Crippen molar-refractivity contribution in [3.05, 3.63) is 24.5 Å². The third kappa shape index (κ3) is 3.50. The standard InChI is InChI=1S/C21H31N5O/c1-24-8-4-21(5-9-24)6-10-26(11-7-21)19-13-20(27-3)18(22)12-17(19)16-14-23-25(2)15-16/h12-15H,4-11,22H2,1-3H3. The molecule has 146 valence electrons. The van der Waals surface area contributed by atoms with Gasteiger partial charge in [0.1, 0.15) is 5.75 Å². The number of ether oxygens (including phenoxy) is 1. The zero-order valence-electron chi connectivity index (χ0n) is 16.7. The van der Waals surface area contributed by atoms with Gasteiger partial charge in [-0.15, -0.1) is 0 Å². The number of hydrogen-bond acceptors (Lipinski definition) is 5. The first-order valence-electron chi connectivity index (χ1n) is 9.90. The van der Waals surface area contributed by atoms with E-state index in [1.54, 1.807) is 7.11 Å². The van der Waals surface area contributed by atoms with Gasteiger partial charge in [-0.2, -0.15) is 5.10 Å². The van der Waals surface area contributed by atoms with E-state index in [9.17, 15) is 0 Å². The van der Waals surface area contributed by atoms with E-state index >= 15 is 0 Å². The van der Waals surface area contributed by atoms with Crippen LogP contribution >= 0.6 is 0 Å². The number of anilines is 2. The zero-order chi connectivity index (χ0) is 19.0. The van der Waals surface area contributed by atoms with Crippen LogP contribution in [0.15, 0.2) is 24.5 Å². The highest BCUT2D eigenvalue weighted by atomic mass is 16.5. The second-order valence-electron chi connectivity index (χ2n) is 8.30. The number of benzene rings is 1. The zero-order valence-corrected chi connectivity index (χ0v) is 16.7. The molecule has 6 nitrogen and oxygen atoms in total. The van der Waals surface area contributed by atoms with Gasteiger partial charge in [0.15, 0.2) is 0 Å². The molecule has 27 heavy (non-hydrogen) atoms. The summed E-state index contributed by atoms with van der Waals surface area (Å²) in [6, 6.07) is 4.13. The van der Waals surface area contributed by atoms with Gasteiger partial charge < -0.3 is 20.3 Å². The SMILES string of the molecule is COc1cc(N2CCC3(CCN(C)CC3)CC2)c(-c2cnn(C)c2)cc1N. The summed E-state index contributed by atoms with van der Waals surface area (Å²) in [6.07, 6.45) is 9.15. The molecule has 2 aliphatic rings. The minimum atomic E-state index is 0.537. The van der Waals surface area contributed by atoms with Gasteiger partial charge in [0.25, 0.3) is 0 Å². The average molecular weight is 370 g/mol. The second kappa shape index (κ2) is 7.08. The molecule has 1 aromatic heterocycles. The van der Waals surface area contributed by atoms with Gasteiger partial charge >= 0.3 is 0 Å². The minimum Gasteiger partial charge on any atom is -0.495 e. The summed E-state index contributed by atoms with van der Waals surface area (Å²) >= 11 is 0. The Hall–Kier alpha value is -2.21. The summed E-state index contributed by atoms with van der Waals surface area (Å²) < 4.78 is 7.35.